The average molecular weight is 399 g/mol. The van der Waals surface area contributed by atoms with Crippen LogP contribution < -0.4 is 16.0 Å². The second-order valence-corrected chi connectivity index (χ2v) is 6.01. The van der Waals surface area contributed by atoms with Crippen LogP contribution in [0.5, 0.6) is 0 Å². The third-order valence-corrected chi connectivity index (χ3v) is 3.72. The van der Waals surface area contributed by atoms with E-state index in [2.05, 4.69) is 36.9 Å². The maximum absolute atomic E-state index is 12.0. The quantitative estimate of drug-likeness (QED) is 0.320. The summed E-state index contributed by atoms with van der Waals surface area (Å²) in [7, 11) is 1.73. The Balaban J connectivity index is 2.15. The number of unbranched alkanes of at least 4 members (excludes halogenated alkanes) is 1. The van der Waals surface area contributed by atoms with Gasteiger partial charge in [0.05, 0.1) is 0 Å². The number of hydrogen-bond donors (Lipinski definition) is 3. The maximum Gasteiger partial charge on any atom is 0.251 e. The lowest BCUT2D eigenvalue weighted by atomic mass is 10.2. The summed E-state index contributed by atoms with van der Waals surface area (Å²) < 4.78 is 6.19. The highest BCUT2D eigenvalue weighted by Crippen LogP contribution is 2.11. The Hall–Kier alpha value is -1.60. The van der Waals surface area contributed by atoms with Crippen LogP contribution >= 0.6 is 15.9 Å². The van der Waals surface area contributed by atoms with E-state index in [4.69, 9.17) is 4.74 Å². The predicted octanol–water partition coefficient (Wildman–Crippen LogP) is 2.16. The molecule has 0 heterocycles. The van der Waals surface area contributed by atoms with E-state index >= 15 is 0 Å². The number of carbonyl (C=O) groups is 1. The first-order valence-corrected chi connectivity index (χ1v) is 9.02. The molecule has 0 spiro atoms. The number of hydrogen-bond acceptors (Lipinski definition) is 3. The number of benzene rings is 1. The lowest BCUT2D eigenvalue weighted by molar-refractivity contribution is 0.0954. The highest BCUT2D eigenvalue weighted by molar-refractivity contribution is 9.10. The smallest absolute Gasteiger partial charge is 0.251 e. The van der Waals surface area contributed by atoms with Gasteiger partial charge in [0.15, 0.2) is 5.96 Å². The van der Waals surface area contributed by atoms with Crippen LogP contribution in [0, 0.1) is 0 Å². The van der Waals surface area contributed by atoms with E-state index in [1.54, 1.807) is 19.2 Å². The molecule has 3 N–H and O–H groups in total. The second kappa shape index (κ2) is 12.8. The number of nitrogens with one attached hydrogen (secondary N) is 3. The molecule has 0 aromatic heterocycles. The molecule has 0 bridgehead atoms. The Morgan fingerprint density at radius 2 is 1.92 bits per heavy atom. The summed E-state index contributed by atoms with van der Waals surface area (Å²) in [6.45, 7) is 5.54. The van der Waals surface area contributed by atoms with E-state index < -0.39 is 0 Å². The van der Waals surface area contributed by atoms with Crippen LogP contribution in [0.15, 0.2) is 33.7 Å². The van der Waals surface area contributed by atoms with Crippen LogP contribution in [0.25, 0.3) is 0 Å². The molecule has 0 fully saturated rings. The van der Waals surface area contributed by atoms with Crippen molar-refractivity contribution in [1.29, 1.82) is 0 Å². The van der Waals surface area contributed by atoms with Crippen molar-refractivity contribution in [2.24, 2.45) is 4.99 Å². The lowest BCUT2D eigenvalue weighted by Crippen LogP contribution is -2.41. The van der Waals surface area contributed by atoms with Crippen LogP contribution in [0.3, 0.4) is 0 Å². The fourth-order valence-electron chi connectivity index (χ4n) is 1.99. The van der Waals surface area contributed by atoms with E-state index in [-0.39, 0.29) is 5.91 Å². The number of aliphatic imine (C=N–C) groups is 1. The van der Waals surface area contributed by atoms with Gasteiger partial charge in [0, 0.05) is 49.9 Å². The second-order valence-electron chi connectivity index (χ2n) is 5.10. The van der Waals surface area contributed by atoms with Crippen molar-refractivity contribution in [1.82, 2.24) is 16.0 Å². The van der Waals surface area contributed by atoms with Gasteiger partial charge in [-0.2, -0.15) is 0 Å². The highest BCUT2D eigenvalue weighted by Gasteiger charge is 2.04. The van der Waals surface area contributed by atoms with Crippen LogP contribution in [0.1, 0.15) is 30.1 Å². The molecular weight excluding hydrogens is 372 g/mol. The molecule has 0 unspecified atom stereocenters. The van der Waals surface area contributed by atoms with Crippen molar-refractivity contribution in [3.05, 3.63) is 34.3 Å². The third kappa shape index (κ3) is 8.88. The monoisotopic (exact) mass is 398 g/mol. The molecule has 0 aliphatic carbocycles. The molecule has 1 amide bonds. The van der Waals surface area contributed by atoms with E-state index in [1.165, 1.54) is 0 Å². The molecule has 0 saturated heterocycles. The first-order chi connectivity index (χ1) is 11.7. The first kappa shape index (κ1) is 20.4. The average Bonchev–Trinajstić information content (AvgIpc) is 2.59. The van der Waals surface area contributed by atoms with Gasteiger partial charge in [0.25, 0.3) is 5.91 Å². The first-order valence-electron chi connectivity index (χ1n) is 8.23. The zero-order valence-electron chi connectivity index (χ0n) is 14.4. The number of halogens is 1. The zero-order valence-corrected chi connectivity index (χ0v) is 16.0. The number of nitrogens with zero attached hydrogens (tertiary/aromatic N) is 1. The molecule has 134 valence electrons. The summed E-state index contributed by atoms with van der Waals surface area (Å²) in [6.07, 6.45) is 2.06. The van der Waals surface area contributed by atoms with Gasteiger partial charge in [-0.25, -0.2) is 0 Å². The van der Waals surface area contributed by atoms with Gasteiger partial charge in [-0.1, -0.05) is 22.0 Å². The van der Waals surface area contributed by atoms with Crippen LogP contribution in [0.4, 0.5) is 0 Å². The van der Waals surface area contributed by atoms with E-state index in [0.717, 1.165) is 43.0 Å². The van der Waals surface area contributed by atoms with Gasteiger partial charge < -0.3 is 20.7 Å². The SMILES string of the molecule is CCOCCCCNC(=NC)NCCNC(=O)c1cccc(Br)c1. The Morgan fingerprint density at radius 3 is 2.62 bits per heavy atom. The third-order valence-electron chi connectivity index (χ3n) is 3.23. The van der Waals surface area contributed by atoms with Gasteiger partial charge >= 0.3 is 0 Å². The molecule has 1 aromatic carbocycles. The van der Waals surface area contributed by atoms with Crippen LogP contribution in [-0.4, -0.2) is 51.8 Å². The highest BCUT2D eigenvalue weighted by atomic mass is 79.9. The molecular formula is C17H27BrN4O2. The minimum atomic E-state index is -0.0861. The molecule has 0 aliphatic heterocycles. The topological polar surface area (TPSA) is 74.8 Å². The van der Waals surface area contributed by atoms with Gasteiger partial charge in [-0.05, 0) is 38.0 Å². The van der Waals surface area contributed by atoms with Crippen molar-refractivity contribution in [3.8, 4) is 0 Å². The molecule has 1 aromatic rings. The number of ether oxygens (including phenoxy) is 1. The summed E-state index contributed by atoms with van der Waals surface area (Å²) >= 11 is 3.36. The van der Waals surface area contributed by atoms with Crippen LogP contribution in [-0.2, 0) is 4.74 Å². The fraction of sp³-hybridized carbons (Fsp3) is 0.529. The van der Waals surface area contributed by atoms with Gasteiger partial charge in [0.2, 0.25) is 0 Å². The van der Waals surface area contributed by atoms with Crippen molar-refractivity contribution < 1.29 is 9.53 Å². The maximum atomic E-state index is 12.0. The minimum absolute atomic E-state index is 0.0861. The summed E-state index contributed by atoms with van der Waals surface area (Å²) in [5.74, 6) is 0.653. The molecule has 0 saturated carbocycles. The van der Waals surface area contributed by atoms with Gasteiger partial charge in [-0.3, -0.25) is 9.79 Å². The summed E-state index contributed by atoms with van der Waals surface area (Å²) in [5, 5.41) is 9.29. The molecule has 1 rings (SSSR count). The predicted molar refractivity (Wildman–Crippen MR) is 102 cm³/mol. The molecule has 0 radical (unpaired) electrons. The Kier molecular flexibility index (Phi) is 10.9. The largest absolute Gasteiger partial charge is 0.382 e. The summed E-state index contributed by atoms with van der Waals surface area (Å²) in [5.41, 5.74) is 0.640. The standard InChI is InChI=1S/C17H27BrN4O2/c1-3-24-12-5-4-9-21-17(19-2)22-11-10-20-16(23)14-7-6-8-15(18)13-14/h6-8,13H,3-5,9-12H2,1-2H3,(H,20,23)(H2,19,21,22). The van der Waals surface area contributed by atoms with Gasteiger partial charge in [0.1, 0.15) is 0 Å². The Bertz CT molecular complexity index is 523. The molecule has 7 heteroatoms. The fourth-order valence-corrected chi connectivity index (χ4v) is 2.39. The van der Waals surface area contributed by atoms with E-state index in [9.17, 15) is 4.79 Å². The minimum Gasteiger partial charge on any atom is -0.382 e. The zero-order chi connectivity index (χ0) is 17.6. The molecule has 0 atom stereocenters. The number of rotatable bonds is 10. The molecule has 0 aliphatic rings. The summed E-state index contributed by atoms with van der Waals surface area (Å²) in [6, 6.07) is 7.32. The van der Waals surface area contributed by atoms with Crippen LogP contribution in [0.2, 0.25) is 0 Å². The van der Waals surface area contributed by atoms with Crippen molar-refractivity contribution in [2.75, 3.05) is 39.9 Å². The van der Waals surface area contributed by atoms with Crippen molar-refractivity contribution >= 4 is 27.8 Å². The Morgan fingerprint density at radius 1 is 1.17 bits per heavy atom. The van der Waals surface area contributed by atoms with Gasteiger partial charge in [-0.15, -0.1) is 0 Å². The number of guanidine groups is 1. The number of amides is 1. The molecule has 6 nitrogen and oxygen atoms in total. The lowest BCUT2D eigenvalue weighted by Gasteiger charge is -2.12. The van der Waals surface area contributed by atoms with E-state index in [1.807, 2.05) is 19.1 Å². The van der Waals surface area contributed by atoms with E-state index in [0.29, 0.717) is 18.7 Å². The Labute approximate surface area is 152 Å². The normalized spacial score (nSPS) is 11.2. The molecule has 24 heavy (non-hydrogen) atoms. The van der Waals surface area contributed by atoms with Crippen molar-refractivity contribution in [3.63, 3.8) is 0 Å². The summed E-state index contributed by atoms with van der Waals surface area (Å²) in [4.78, 5) is 16.1. The number of carbonyl (C=O) groups excluding carboxylic acids is 1. The van der Waals surface area contributed by atoms with Crippen molar-refractivity contribution in [2.45, 2.75) is 19.8 Å².